The summed E-state index contributed by atoms with van der Waals surface area (Å²) in [5.41, 5.74) is 0.395. The first-order chi connectivity index (χ1) is 12.4. The van der Waals surface area contributed by atoms with Gasteiger partial charge in [0.1, 0.15) is 10.6 Å². The van der Waals surface area contributed by atoms with Crippen LogP contribution in [0.15, 0.2) is 23.1 Å². The summed E-state index contributed by atoms with van der Waals surface area (Å²) in [4.78, 5) is 14.8. The Morgan fingerprint density at radius 1 is 1.15 bits per heavy atom. The summed E-state index contributed by atoms with van der Waals surface area (Å²) >= 11 is 0. The fourth-order valence-electron chi connectivity index (χ4n) is 3.91. The molecule has 1 saturated heterocycles. The number of piperidine rings is 1. The van der Waals surface area contributed by atoms with Crippen molar-refractivity contribution in [3.05, 3.63) is 23.8 Å². The average molecular weight is 381 g/mol. The molecule has 1 N–H and O–H groups in total. The van der Waals surface area contributed by atoms with Gasteiger partial charge in [0.15, 0.2) is 0 Å². The molecule has 144 valence electrons. The Bertz CT molecular complexity index is 757. The van der Waals surface area contributed by atoms with Gasteiger partial charge in [0, 0.05) is 24.2 Å². The van der Waals surface area contributed by atoms with E-state index in [0.717, 1.165) is 44.9 Å². The Labute approximate surface area is 156 Å². The molecule has 1 aromatic carbocycles. The number of hydrogen-bond donors (Lipinski definition) is 1. The monoisotopic (exact) mass is 380 g/mol. The first-order valence-electron chi connectivity index (χ1n) is 9.43. The lowest BCUT2D eigenvalue weighted by molar-refractivity contribution is 0.0635. The maximum atomic E-state index is 12.9. The van der Waals surface area contributed by atoms with Crippen LogP contribution in [0.5, 0.6) is 5.75 Å². The Morgan fingerprint density at radius 2 is 1.85 bits per heavy atom. The molecule has 26 heavy (non-hydrogen) atoms. The van der Waals surface area contributed by atoms with E-state index in [-0.39, 0.29) is 28.6 Å². The summed E-state index contributed by atoms with van der Waals surface area (Å²) in [6, 6.07) is 4.82. The van der Waals surface area contributed by atoms with Crippen molar-refractivity contribution in [2.45, 2.75) is 68.8 Å². The predicted molar refractivity (Wildman–Crippen MR) is 99.9 cm³/mol. The summed E-state index contributed by atoms with van der Waals surface area (Å²) in [6.45, 7) is 2.76. The Balaban J connectivity index is 1.89. The molecule has 1 aliphatic heterocycles. The van der Waals surface area contributed by atoms with Gasteiger partial charge in [-0.05, 0) is 57.2 Å². The van der Waals surface area contributed by atoms with E-state index in [1.165, 1.54) is 13.2 Å². The summed E-state index contributed by atoms with van der Waals surface area (Å²) < 4.78 is 33.8. The van der Waals surface area contributed by atoms with E-state index in [4.69, 9.17) is 4.74 Å². The zero-order valence-corrected chi connectivity index (χ0v) is 16.3. The predicted octanol–water partition coefficient (Wildman–Crippen LogP) is 2.93. The van der Waals surface area contributed by atoms with E-state index < -0.39 is 10.0 Å². The molecule has 1 heterocycles. The van der Waals surface area contributed by atoms with E-state index in [1.54, 1.807) is 12.1 Å². The number of benzene rings is 1. The minimum atomic E-state index is -3.73. The van der Waals surface area contributed by atoms with Crippen molar-refractivity contribution in [3.8, 4) is 5.75 Å². The second-order valence-corrected chi connectivity index (χ2v) is 8.99. The van der Waals surface area contributed by atoms with Gasteiger partial charge in [-0.3, -0.25) is 4.79 Å². The third-order valence-corrected chi connectivity index (χ3v) is 6.98. The lowest BCUT2D eigenvalue weighted by Crippen LogP contribution is -2.42. The van der Waals surface area contributed by atoms with Gasteiger partial charge in [-0.1, -0.05) is 12.8 Å². The van der Waals surface area contributed by atoms with Crippen LogP contribution in [-0.4, -0.2) is 45.0 Å². The van der Waals surface area contributed by atoms with Crippen molar-refractivity contribution in [1.82, 2.24) is 9.62 Å². The third kappa shape index (κ3) is 4.04. The van der Waals surface area contributed by atoms with E-state index in [9.17, 15) is 13.2 Å². The van der Waals surface area contributed by atoms with Gasteiger partial charge in [-0.25, -0.2) is 13.1 Å². The molecule has 1 aliphatic carbocycles. The second kappa shape index (κ2) is 7.96. The van der Waals surface area contributed by atoms with Crippen LogP contribution >= 0.6 is 0 Å². The molecular weight excluding hydrogens is 352 g/mol. The molecule has 0 aromatic heterocycles. The topological polar surface area (TPSA) is 75.7 Å². The molecule has 0 unspecified atom stereocenters. The zero-order chi connectivity index (χ0) is 18.7. The van der Waals surface area contributed by atoms with Gasteiger partial charge in [-0.2, -0.15) is 0 Å². The van der Waals surface area contributed by atoms with Gasteiger partial charge in [0.2, 0.25) is 10.0 Å². The summed E-state index contributed by atoms with van der Waals surface area (Å²) in [7, 11) is -2.29. The number of methoxy groups -OCH3 is 1. The fourth-order valence-corrected chi connectivity index (χ4v) is 5.41. The fraction of sp³-hybridized carbons (Fsp3) is 0.632. The molecule has 0 radical (unpaired) electrons. The number of carbonyl (C=O) groups is 1. The number of carbonyl (C=O) groups excluding carboxylic acids is 1. The van der Waals surface area contributed by atoms with Crippen molar-refractivity contribution in [2.24, 2.45) is 0 Å². The van der Waals surface area contributed by atoms with E-state index in [1.807, 2.05) is 11.8 Å². The second-order valence-electron chi connectivity index (χ2n) is 7.31. The highest BCUT2D eigenvalue weighted by Crippen LogP contribution is 2.28. The van der Waals surface area contributed by atoms with Crippen molar-refractivity contribution >= 4 is 15.9 Å². The number of likely N-dealkylation sites (tertiary alicyclic amines) is 1. The van der Waals surface area contributed by atoms with Crippen LogP contribution in [0.25, 0.3) is 0 Å². The van der Waals surface area contributed by atoms with Crippen LogP contribution in [0.3, 0.4) is 0 Å². The highest BCUT2D eigenvalue weighted by Gasteiger charge is 2.29. The van der Waals surface area contributed by atoms with Crippen LogP contribution in [-0.2, 0) is 10.0 Å². The zero-order valence-electron chi connectivity index (χ0n) is 15.5. The van der Waals surface area contributed by atoms with E-state index in [2.05, 4.69) is 4.72 Å². The molecular formula is C19H28N2O4S. The van der Waals surface area contributed by atoms with Gasteiger partial charge in [-0.15, -0.1) is 0 Å². The maximum Gasteiger partial charge on any atom is 0.254 e. The standard InChI is InChI=1S/C19H28N2O4S/c1-14-7-5-6-12-21(14)19(22)15-10-11-17(25-2)18(13-15)26(23,24)20-16-8-3-4-9-16/h10-11,13-14,16,20H,3-9,12H2,1-2H3/t14-/m1/s1. The first-order valence-corrected chi connectivity index (χ1v) is 10.9. The lowest BCUT2D eigenvalue weighted by atomic mass is 10.0. The molecule has 7 heteroatoms. The molecule has 1 amide bonds. The number of ether oxygens (including phenoxy) is 1. The van der Waals surface area contributed by atoms with E-state index >= 15 is 0 Å². The summed E-state index contributed by atoms with van der Waals surface area (Å²) in [5.74, 6) is 0.149. The van der Waals surface area contributed by atoms with Crippen LogP contribution in [0, 0.1) is 0 Å². The number of sulfonamides is 1. The molecule has 3 rings (SSSR count). The van der Waals surface area contributed by atoms with Crippen LogP contribution in [0.1, 0.15) is 62.2 Å². The van der Waals surface area contributed by atoms with Crippen molar-refractivity contribution < 1.29 is 17.9 Å². The van der Waals surface area contributed by atoms with Gasteiger partial charge in [0.25, 0.3) is 5.91 Å². The van der Waals surface area contributed by atoms with Gasteiger partial charge in [0.05, 0.1) is 7.11 Å². The molecule has 0 spiro atoms. The molecule has 1 atom stereocenters. The van der Waals surface area contributed by atoms with Crippen molar-refractivity contribution in [1.29, 1.82) is 0 Å². The average Bonchev–Trinajstić information content (AvgIpc) is 3.13. The minimum absolute atomic E-state index is 0.0359. The first kappa shape index (κ1) is 19.2. The van der Waals surface area contributed by atoms with Crippen LogP contribution < -0.4 is 9.46 Å². The largest absolute Gasteiger partial charge is 0.495 e. The third-order valence-electron chi connectivity index (χ3n) is 5.44. The van der Waals surface area contributed by atoms with Crippen LogP contribution in [0.4, 0.5) is 0 Å². The normalized spacial score (nSPS) is 21.8. The molecule has 0 bridgehead atoms. The number of hydrogen-bond acceptors (Lipinski definition) is 4. The molecule has 1 saturated carbocycles. The number of amides is 1. The quantitative estimate of drug-likeness (QED) is 0.852. The molecule has 2 aliphatic rings. The lowest BCUT2D eigenvalue weighted by Gasteiger charge is -2.33. The van der Waals surface area contributed by atoms with Crippen molar-refractivity contribution in [2.75, 3.05) is 13.7 Å². The molecule has 2 fully saturated rings. The van der Waals surface area contributed by atoms with E-state index in [0.29, 0.717) is 12.1 Å². The molecule has 1 aromatic rings. The molecule has 6 nitrogen and oxygen atoms in total. The van der Waals surface area contributed by atoms with Gasteiger partial charge < -0.3 is 9.64 Å². The maximum absolute atomic E-state index is 12.9. The SMILES string of the molecule is COc1ccc(C(=O)N2CCCC[C@H]2C)cc1S(=O)(=O)NC1CCCC1. The van der Waals surface area contributed by atoms with Gasteiger partial charge >= 0.3 is 0 Å². The smallest absolute Gasteiger partial charge is 0.254 e. The Kier molecular flexibility index (Phi) is 5.87. The minimum Gasteiger partial charge on any atom is -0.495 e. The Hall–Kier alpha value is -1.60. The van der Waals surface area contributed by atoms with Crippen molar-refractivity contribution in [3.63, 3.8) is 0 Å². The number of nitrogens with one attached hydrogen (secondary N) is 1. The number of rotatable bonds is 5. The highest BCUT2D eigenvalue weighted by molar-refractivity contribution is 7.89. The van der Waals surface area contributed by atoms with Crippen LogP contribution in [0.2, 0.25) is 0 Å². The Morgan fingerprint density at radius 3 is 2.50 bits per heavy atom. The number of nitrogens with zero attached hydrogens (tertiary/aromatic N) is 1. The summed E-state index contributed by atoms with van der Waals surface area (Å²) in [6.07, 6.45) is 6.87. The summed E-state index contributed by atoms with van der Waals surface area (Å²) in [5, 5.41) is 0. The highest BCUT2D eigenvalue weighted by atomic mass is 32.2.